The molecule has 1 saturated heterocycles. The van der Waals surface area contributed by atoms with E-state index in [-0.39, 0.29) is 11.8 Å². The summed E-state index contributed by atoms with van der Waals surface area (Å²) in [4.78, 5) is 18.7. The molecule has 0 aliphatic carbocycles. The molecule has 1 aromatic carbocycles. The number of aromatic nitrogens is 2. The van der Waals surface area contributed by atoms with Gasteiger partial charge in [-0.05, 0) is 38.1 Å². The third kappa shape index (κ3) is 2.60. The second kappa shape index (κ2) is 5.63. The van der Waals surface area contributed by atoms with Crippen molar-refractivity contribution in [3.05, 3.63) is 59.2 Å². The topological polar surface area (TPSA) is 72.4 Å². The van der Waals surface area contributed by atoms with Crippen molar-refractivity contribution in [3.63, 3.8) is 0 Å². The number of aryl methyl sites for hydroxylation is 2. The minimum absolute atomic E-state index is 0.0452. The van der Waals surface area contributed by atoms with Crippen LogP contribution in [0.15, 0.2) is 45.5 Å². The number of rotatable bonds is 3. The molecule has 4 rings (SSSR count). The van der Waals surface area contributed by atoms with Crippen LogP contribution in [-0.2, 0) is 0 Å². The number of likely N-dealkylation sites (tertiary alicyclic amines) is 1. The zero-order chi connectivity index (χ0) is 16.7. The van der Waals surface area contributed by atoms with Crippen LogP contribution in [0.4, 0.5) is 0 Å². The van der Waals surface area contributed by atoms with Gasteiger partial charge in [-0.15, -0.1) is 0 Å². The lowest BCUT2D eigenvalue weighted by molar-refractivity contribution is 0.0569. The Balaban J connectivity index is 1.44. The molecule has 122 valence electrons. The zero-order valence-corrected chi connectivity index (χ0v) is 13.5. The second-order valence-electron chi connectivity index (χ2n) is 6.22. The fourth-order valence-electron chi connectivity index (χ4n) is 2.99. The molecule has 0 N–H and O–H groups in total. The zero-order valence-electron chi connectivity index (χ0n) is 13.5. The van der Waals surface area contributed by atoms with Crippen LogP contribution in [0.5, 0.6) is 0 Å². The summed E-state index contributed by atoms with van der Waals surface area (Å²) in [6.45, 7) is 5.17. The monoisotopic (exact) mass is 323 g/mol. The summed E-state index contributed by atoms with van der Waals surface area (Å²) in [5.74, 6) is 1.69. The molecule has 2 aromatic heterocycles. The molecule has 1 amide bonds. The van der Waals surface area contributed by atoms with Crippen LogP contribution in [0.3, 0.4) is 0 Å². The fraction of sp³-hybridized carbons (Fsp3) is 0.278. The Bertz CT molecular complexity index is 857. The van der Waals surface area contributed by atoms with E-state index in [4.69, 9.17) is 8.94 Å². The van der Waals surface area contributed by atoms with E-state index in [1.807, 2.05) is 26.0 Å². The lowest BCUT2D eigenvalue weighted by atomic mass is 9.98. The Morgan fingerprint density at radius 1 is 1.21 bits per heavy atom. The Morgan fingerprint density at radius 2 is 1.96 bits per heavy atom. The average molecular weight is 323 g/mol. The van der Waals surface area contributed by atoms with Gasteiger partial charge in [0.05, 0.1) is 12.2 Å². The molecule has 6 nitrogen and oxygen atoms in total. The summed E-state index contributed by atoms with van der Waals surface area (Å²) < 4.78 is 10.6. The fourth-order valence-corrected chi connectivity index (χ4v) is 2.99. The molecule has 0 atom stereocenters. The van der Waals surface area contributed by atoms with Gasteiger partial charge in [-0.1, -0.05) is 22.3 Å². The number of nitrogens with zero attached hydrogens (tertiary/aromatic N) is 3. The molecular weight excluding hydrogens is 306 g/mol. The van der Waals surface area contributed by atoms with Crippen molar-refractivity contribution in [1.29, 1.82) is 0 Å². The molecular formula is C18H17N3O3. The van der Waals surface area contributed by atoms with Gasteiger partial charge in [-0.3, -0.25) is 4.79 Å². The Labute approximate surface area is 139 Å². The van der Waals surface area contributed by atoms with Gasteiger partial charge in [0.2, 0.25) is 11.7 Å². The number of furan rings is 1. The first-order valence-electron chi connectivity index (χ1n) is 7.85. The highest BCUT2D eigenvalue weighted by atomic mass is 16.5. The highest BCUT2D eigenvalue weighted by Crippen LogP contribution is 2.29. The quantitative estimate of drug-likeness (QED) is 0.740. The molecule has 3 heterocycles. The maximum absolute atomic E-state index is 12.5. The van der Waals surface area contributed by atoms with Gasteiger partial charge in [-0.2, -0.15) is 4.98 Å². The molecule has 0 saturated carbocycles. The van der Waals surface area contributed by atoms with E-state index < -0.39 is 0 Å². The van der Waals surface area contributed by atoms with Crippen molar-refractivity contribution in [3.8, 4) is 11.6 Å². The summed E-state index contributed by atoms with van der Waals surface area (Å²) in [6.07, 6.45) is 1.57. The van der Waals surface area contributed by atoms with Crippen LogP contribution < -0.4 is 0 Å². The van der Waals surface area contributed by atoms with Crippen molar-refractivity contribution < 1.29 is 13.7 Å². The van der Waals surface area contributed by atoms with E-state index in [1.165, 1.54) is 0 Å². The minimum atomic E-state index is 0.0452. The van der Waals surface area contributed by atoms with Gasteiger partial charge in [0, 0.05) is 18.7 Å². The maximum Gasteiger partial charge on any atom is 0.253 e. The molecule has 0 bridgehead atoms. The first-order valence-corrected chi connectivity index (χ1v) is 7.85. The largest absolute Gasteiger partial charge is 0.461 e. The number of hydrogen-bond acceptors (Lipinski definition) is 5. The predicted molar refractivity (Wildman–Crippen MR) is 86.6 cm³/mol. The number of carbonyl (C=O) groups excluding carboxylic acids is 1. The normalized spacial score (nSPS) is 14.7. The van der Waals surface area contributed by atoms with E-state index in [9.17, 15) is 4.79 Å². The number of amides is 1. The van der Waals surface area contributed by atoms with E-state index in [2.05, 4.69) is 16.2 Å². The lowest BCUT2D eigenvalue weighted by Crippen LogP contribution is -2.48. The van der Waals surface area contributed by atoms with Crippen LogP contribution >= 0.6 is 0 Å². The van der Waals surface area contributed by atoms with E-state index >= 15 is 0 Å². The molecule has 1 aliphatic heterocycles. The highest BCUT2D eigenvalue weighted by Gasteiger charge is 2.36. The maximum atomic E-state index is 12.5. The molecule has 1 fully saturated rings. The van der Waals surface area contributed by atoms with E-state index in [1.54, 1.807) is 23.3 Å². The molecule has 0 unspecified atom stereocenters. The van der Waals surface area contributed by atoms with Gasteiger partial charge in [0.25, 0.3) is 5.91 Å². The summed E-state index contributed by atoms with van der Waals surface area (Å²) in [5, 5.41) is 3.93. The number of hydrogen-bond donors (Lipinski definition) is 0. The van der Waals surface area contributed by atoms with Gasteiger partial charge >= 0.3 is 0 Å². The first-order chi connectivity index (χ1) is 11.6. The SMILES string of the molecule is Cc1cc(C)cc(C(=O)N2CC(c3nc(-c4ccco4)no3)C2)c1. The van der Waals surface area contributed by atoms with Gasteiger partial charge in [0.1, 0.15) is 0 Å². The summed E-state index contributed by atoms with van der Waals surface area (Å²) in [5.41, 5.74) is 2.92. The standard InChI is InChI=1S/C18H17N3O3/c1-11-6-12(2)8-13(7-11)18(22)21-9-14(10-21)17-19-16(20-24-17)15-4-3-5-23-15/h3-8,14H,9-10H2,1-2H3. The molecule has 0 radical (unpaired) electrons. The molecule has 6 heteroatoms. The van der Waals surface area contributed by atoms with E-state index in [0.29, 0.717) is 30.6 Å². The summed E-state index contributed by atoms with van der Waals surface area (Å²) >= 11 is 0. The van der Waals surface area contributed by atoms with Crippen LogP contribution in [0.2, 0.25) is 0 Å². The lowest BCUT2D eigenvalue weighted by Gasteiger charge is -2.37. The second-order valence-corrected chi connectivity index (χ2v) is 6.22. The number of carbonyl (C=O) groups is 1. The van der Waals surface area contributed by atoms with Crippen LogP contribution in [0, 0.1) is 13.8 Å². The van der Waals surface area contributed by atoms with Gasteiger partial charge in [0.15, 0.2) is 5.76 Å². The van der Waals surface area contributed by atoms with Crippen molar-refractivity contribution >= 4 is 5.91 Å². The van der Waals surface area contributed by atoms with E-state index in [0.717, 1.165) is 16.7 Å². The molecule has 24 heavy (non-hydrogen) atoms. The van der Waals surface area contributed by atoms with Crippen molar-refractivity contribution in [1.82, 2.24) is 15.0 Å². The third-order valence-electron chi connectivity index (χ3n) is 4.17. The highest BCUT2D eigenvalue weighted by molar-refractivity contribution is 5.95. The Hall–Kier alpha value is -2.89. The Morgan fingerprint density at radius 3 is 2.62 bits per heavy atom. The molecule has 3 aromatic rings. The smallest absolute Gasteiger partial charge is 0.253 e. The predicted octanol–water partition coefficient (Wildman–Crippen LogP) is 3.19. The van der Waals surface area contributed by atoms with Crippen LogP contribution in [-0.4, -0.2) is 34.0 Å². The molecule has 0 spiro atoms. The van der Waals surface area contributed by atoms with Crippen molar-refractivity contribution in [2.75, 3.05) is 13.1 Å². The first kappa shape index (κ1) is 14.7. The van der Waals surface area contributed by atoms with Gasteiger partial charge < -0.3 is 13.8 Å². The number of benzene rings is 1. The summed E-state index contributed by atoms with van der Waals surface area (Å²) in [6, 6.07) is 9.46. The summed E-state index contributed by atoms with van der Waals surface area (Å²) in [7, 11) is 0. The minimum Gasteiger partial charge on any atom is -0.461 e. The average Bonchev–Trinajstić information content (AvgIpc) is 3.15. The Kier molecular flexibility index (Phi) is 3.45. The van der Waals surface area contributed by atoms with Gasteiger partial charge in [-0.25, -0.2) is 0 Å². The van der Waals surface area contributed by atoms with Crippen LogP contribution in [0.1, 0.15) is 33.3 Å². The van der Waals surface area contributed by atoms with Crippen molar-refractivity contribution in [2.24, 2.45) is 0 Å². The van der Waals surface area contributed by atoms with Crippen molar-refractivity contribution in [2.45, 2.75) is 19.8 Å². The molecule has 1 aliphatic rings. The van der Waals surface area contributed by atoms with Crippen LogP contribution in [0.25, 0.3) is 11.6 Å². The third-order valence-corrected chi connectivity index (χ3v) is 4.17.